The number of amides is 2. The highest BCUT2D eigenvalue weighted by molar-refractivity contribution is 5.68. The van der Waals surface area contributed by atoms with Crippen LogP contribution in [0.3, 0.4) is 0 Å². The van der Waals surface area contributed by atoms with Crippen molar-refractivity contribution in [3.05, 3.63) is 29.7 Å². The smallest absolute Gasteiger partial charge is 0.408 e. The van der Waals surface area contributed by atoms with Gasteiger partial charge in [-0.15, -0.1) is 0 Å². The molecule has 0 saturated heterocycles. The first kappa shape index (κ1) is 30.0. The van der Waals surface area contributed by atoms with Crippen molar-refractivity contribution in [1.29, 1.82) is 0 Å². The van der Waals surface area contributed by atoms with Gasteiger partial charge < -0.3 is 25.8 Å². The number of aromatic nitrogens is 3. The Hall–Kier alpha value is -3.02. The zero-order valence-corrected chi connectivity index (χ0v) is 23.8. The van der Waals surface area contributed by atoms with Crippen molar-refractivity contribution in [2.45, 2.75) is 109 Å². The predicted octanol–water partition coefficient (Wildman–Crippen LogP) is 5.60. The number of carbonyl (C=O) groups excluding carboxylic acids is 1. The quantitative estimate of drug-likeness (QED) is 0.280. The molecule has 2 fully saturated rings. The number of hydrogen-bond acceptors (Lipinski definition) is 6. The van der Waals surface area contributed by atoms with Crippen molar-refractivity contribution in [1.82, 2.24) is 30.5 Å². The van der Waals surface area contributed by atoms with Gasteiger partial charge in [-0.2, -0.15) is 5.10 Å². The molecule has 2 aromatic rings. The van der Waals surface area contributed by atoms with E-state index < -0.39 is 29.8 Å². The molecule has 2 saturated carbocycles. The molecule has 3 atom stereocenters. The minimum absolute atomic E-state index is 0.00358. The van der Waals surface area contributed by atoms with Gasteiger partial charge in [-0.1, -0.05) is 13.3 Å². The number of rotatable bonds is 11. The van der Waals surface area contributed by atoms with Crippen LogP contribution in [0.1, 0.15) is 102 Å². The summed E-state index contributed by atoms with van der Waals surface area (Å²) in [6.07, 6.45) is 5.67. The summed E-state index contributed by atoms with van der Waals surface area (Å²) in [4.78, 5) is 28.7. The Bertz CT molecular complexity index is 1170. The molecule has 0 unspecified atom stereocenters. The van der Waals surface area contributed by atoms with Gasteiger partial charge in [0.15, 0.2) is 5.65 Å². The van der Waals surface area contributed by atoms with Gasteiger partial charge in [-0.25, -0.2) is 27.9 Å². The van der Waals surface area contributed by atoms with Crippen LogP contribution in [-0.2, 0) is 4.74 Å². The zero-order valence-electron chi connectivity index (χ0n) is 23.8. The van der Waals surface area contributed by atoms with Crippen molar-refractivity contribution < 1.29 is 28.2 Å². The Morgan fingerprint density at radius 3 is 2.42 bits per heavy atom. The number of alkyl carbamates (subject to hydrolysis) is 1. The Labute approximate surface area is 233 Å². The molecule has 0 bridgehead atoms. The summed E-state index contributed by atoms with van der Waals surface area (Å²) in [5.41, 5.74) is 1.39. The second kappa shape index (κ2) is 12.2. The van der Waals surface area contributed by atoms with Crippen LogP contribution in [0.2, 0.25) is 0 Å². The van der Waals surface area contributed by atoms with E-state index in [2.05, 4.69) is 21.0 Å². The number of ether oxygens (including phenoxy) is 1. The van der Waals surface area contributed by atoms with Crippen LogP contribution in [0, 0.1) is 11.8 Å². The third-order valence-corrected chi connectivity index (χ3v) is 7.59. The third kappa shape index (κ3) is 8.25. The second-order valence-corrected chi connectivity index (χ2v) is 12.2. The van der Waals surface area contributed by atoms with E-state index in [-0.39, 0.29) is 43.7 Å². The Morgan fingerprint density at radius 2 is 1.82 bits per heavy atom. The Morgan fingerprint density at radius 1 is 1.15 bits per heavy atom. The number of carboxylic acid groups (broad SMARTS) is 1. The lowest BCUT2D eigenvalue weighted by Gasteiger charge is -2.33. The van der Waals surface area contributed by atoms with Gasteiger partial charge in [0.1, 0.15) is 5.60 Å². The van der Waals surface area contributed by atoms with E-state index in [0.29, 0.717) is 23.8 Å². The van der Waals surface area contributed by atoms with Crippen molar-refractivity contribution in [3.8, 4) is 0 Å². The lowest BCUT2D eigenvalue weighted by atomic mass is 9.81. The normalized spacial score (nSPS) is 20.1. The van der Waals surface area contributed by atoms with Gasteiger partial charge in [-0.3, -0.25) is 0 Å². The summed E-state index contributed by atoms with van der Waals surface area (Å²) in [6.45, 7) is 7.83. The molecular weight excluding hydrogens is 522 g/mol. The van der Waals surface area contributed by atoms with E-state index in [9.17, 15) is 23.5 Å². The fraction of sp³-hybridized carbons (Fsp3) is 0.714. The Balaban J connectivity index is 1.55. The Kier molecular flexibility index (Phi) is 9.16. The number of alkyl halides is 2. The maximum Gasteiger partial charge on any atom is 0.408 e. The number of imidazole rings is 1. The molecule has 12 heteroatoms. The van der Waals surface area contributed by atoms with Crippen molar-refractivity contribution >= 4 is 17.8 Å². The first-order chi connectivity index (χ1) is 18.8. The van der Waals surface area contributed by atoms with Crippen molar-refractivity contribution in [3.63, 3.8) is 0 Å². The fourth-order valence-corrected chi connectivity index (χ4v) is 5.50. The number of carbonyl (C=O) groups is 2. The molecule has 0 aliphatic heterocycles. The van der Waals surface area contributed by atoms with E-state index in [1.165, 1.54) is 0 Å². The minimum Gasteiger partial charge on any atom is -0.465 e. The van der Waals surface area contributed by atoms with Crippen LogP contribution < -0.4 is 16.0 Å². The van der Waals surface area contributed by atoms with Crippen LogP contribution in [0.5, 0.6) is 0 Å². The average Bonchev–Trinajstić information content (AvgIpc) is 3.59. The largest absolute Gasteiger partial charge is 0.465 e. The number of fused-ring (bicyclic) bond motifs is 1. The highest BCUT2D eigenvalue weighted by Gasteiger charge is 2.40. The zero-order chi connectivity index (χ0) is 29.1. The van der Waals surface area contributed by atoms with Crippen molar-refractivity contribution in [2.75, 3.05) is 6.54 Å². The molecule has 10 nitrogen and oxygen atoms in total. The van der Waals surface area contributed by atoms with Crippen LogP contribution in [0.25, 0.3) is 5.65 Å². The van der Waals surface area contributed by atoms with E-state index in [4.69, 9.17) is 9.72 Å². The molecule has 0 radical (unpaired) electrons. The molecule has 222 valence electrons. The summed E-state index contributed by atoms with van der Waals surface area (Å²) >= 11 is 0. The first-order valence-corrected chi connectivity index (χ1v) is 14.3. The minimum atomic E-state index is -2.69. The topological polar surface area (TPSA) is 130 Å². The molecule has 4 N–H and O–H groups in total. The standard InChI is InChI=1S/C28H42F2N6O4/c1-5-6-20(33-25(37)38)15-31-23(17-7-8-17)19-13-22-34-21(16-36(22)32-14-19)24(35-26(39)40-27(2,3)4)18-9-11-28(29,30)12-10-18/h13-14,16-18,20,23-24,31,33H,5-12,15H2,1-4H3,(H,35,39)(H,37,38)/t20-,23-,24+/m1/s1. The summed E-state index contributed by atoms with van der Waals surface area (Å²) < 4.78 is 35.0. The van der Waals surface area contributed by atoms with Gasteiger partial charge in [0.2, 0.25) is 5.92 Å². The van der Waals surface area contributed by atoms with Crippen LogP contribution in [0.4, 0.5) is 18.4 Å². The van der Waals surface area contributed by atoms with Gasteiger partial charge in [0, 0.05) is 31.5 Å². The number of hydrogen-bond donors (Lipinski definition) is 4. The molecule has 2 aromatic heterocycles. The van der Waals surface area contributed by atoms with Crippen LogP contribution in [-0.4, -0.2) is 56.0 Å². The summed E-state index contributed by atoms with van der Waals surface area (Å²) in [5, 5.41) is 22.8. The second-order valence-electron chi connectivity index (χ2n) is 12.2. The van der Waals surface area contributed by atoms with Crippen molar-refractivity contribution in [2.24, 2.45) is 11.8 Å². The molecular formula is C28H42F2N6O4. The SMILES string of the molecule is CCC[C@H](CN[C@@H](c1cnn2cc([C@@H](NC(=O)OC(C)(C)C)C3CCC(F)(F)CC3)nc2c1)C1CC1)NC(=O)O. The molecule has 2 heterocycles. The molecule has 2 amide bonds. The maximum atomic E-state index is 13.9. The van der Waals surface area contributed by atoms with E-state index in [1.54, 1.807) is 37.7 Å². The molecule has 0 aromatic carbocycles. The highest BCUT2D eigenvalue weighted by Crippen LogP contribution is 2.42. The summed E-state index contributed by atoms with van der Waals surface area (Å²) in [7, 11) is 0. The van der Waals surface area contributed by atoms with E-state index in [1.807, 2.05) is 13.0 Å². The first-order valence-electron chi connectivity index (χ1n) is 14.3. The summed E-state index contributed by atoms with van der Waals surface area (Å²) in [6, 6.07) is 1.17. The summed E-state index contributed by atoms with van der Waals surface area (Å²) in [5.74, 6) is -2.48. The lowest BCUT2D eigenvalue weighted by Crippen LogP contribution is -2.42. The molecule has 0 spiro atoms. The van der Waals surface area contributed by atoms with Gasteiger partial charge in [0.05, 0.1) is 24.1 Å². The lowest BCUT2D eigenvalue weighted by molar-refractivity contribution is -0.0500. The van der Waals surface area contributed by atoms with E-state index >= 15 is 0 Å². The predicted molar refractivity (Wildman–Crippen MR) is 145 cm³/mol. The average molecular weight is 565 g/mol. The number of nitrogens with one attached hydrogen (secondary N) is 3. The van der Waals surface area contributed by atoms with E-state index in [0.717, 1.165) is 31.2 Å². The maximum absolute atomic E-state index is 13.9. The van der Waals surface area contributed by atoms with Gasteiger partial charge >= 0.3 is 12.2 Å². The number of halogens is 2. The molecule has 4 rings (SSSR count). The van der Waals surface area contributed by atoms with Gasteiger partial charge in [-0.05, 0) is 76.3 Å². The molecule has 40 heavy (non-hydrogen) atoms. The van der Waals surface area contributed by atoms with Gasteiger partial charge in [0.25, 0.3) is 0 Å². The monoisotopic (exact) mass is 564 g/mol. The number of nitrogens with zero attached hydrogens (tertiary/aromatic N) is 3. The van der Waals surface area contributed by atoms with Crippen LogP contribution in [0.15, 0.2) is 18.5 Å². The third-order valence-electron chi connectivity index (χ3n) is 7.59. The molecule has 2 aliphatic carbocycles. The van der Waals surface area contributed by atoms with Crippen LogP contribution >= 0.6 is 0 Å². The fourth-order valence-electron chi connectivity index (χ4n) is 5.50. The highest BCUT2D eigenvalue weighted by atomic mass is 19.3. The molecule has 2 aliphatic rings.